The third kappa shape index (κ3) is 13.4. The van der Waals surface area contributed by atoms with Crippen LogP contribution in [0.4, 0.5) is 39.2 Å². The summed E-state index contributed by atoms with van der Waals surface area (Å²) in [5, 5.41) is 23.2. The van der Waals surface area contributed by atoms with Crippen LogP contribution in [-0.2, 0) is 11.4 Å². The Labute approximate surface area is 397 Å². The first-order chi connectivity index (χ1) is 32.4. The SMILES string of the molecule is C.C[Si](C)(C)N=C=O.NC(=O)Nc1cccc(Nc2nccc3c(-c4cccc(O)c4)cccc23)c1.Nc1cccc(Nc2nccc3c(-c4cccc(OCc5ccccc5)c4)cccc23)c1. The van der Waals surface area contributed by atoms with Gasteiger partial charge in [0.2, 0.25) is 6.08 Å². The smallest absolute Gasteiger partial charge is 0.316 e. The Balaban J connectivity index is 0.000000195. The van der Waals surface area contributed by atoms with Gasteiger partial charge in [0.1, 0.15) is 29.7 Å². The van der Waals surface area contributed by atoms with Crippen molar-refractivity contribution in [2.24, 2.45) is 10.4 Å². The average Bonchev–Trinajstić information content (AvgIpc) is 3.31. The Morgan fingerprint density at radius 2 is 1.18 bits per heavy atom. The molecule has 0 fully saturated rings. The van der Waals surface area contributed by atoms with Gasteiger partial charge in [-0.05, 0) is 131 Å². The van der Waals surface area contributed by atoms with Gasteiger partial charge < -0.3 is 37.3 Å². The highest BCUT2D eigenvalue weighted by molar-refractivity contribution is 6.74. The van der Waals surface area contributed by atoms with Crippen molar-refractivity contribution in [2.45, 2.75) is 33.7 Å². The van der Waals surface area contributed by atoms with Crippen LogP contribution in [0.1, 0.15) is 13.0 Å². The summed E-state index contributed by atoms with van der Waals surface area (Å²) in [5.41, 5.74) is 19.4. The molecule has 68 heavy (non-hydrogen) atoms. The molecule has 342 valence electrons. The number of nitrogen functional groups attached to an aromatic ring is 1. The van der Waals surface area contributed by atoms with E-state index < -0.39 is 14.3 Å². The molecule has 8 N–H and O–H groups in total. The molecule has 0 atom stereocenters. The monoisotopic (exact) mass is 918 g/mol. The quantitative estimate of drug-likeness (QED) is 0.0317. The molecule has 9 aromatic rings. The van der Waals surface area contributed by atoms with E-state index in [-0.39, 0.29) is 13.2 Å². The lowest BCUT2D eigenvalue weighted by molar-refractivity contribution is 0.259. The fourth-order valence-electron chi connectivity index (χ4n) is 7.13. The maximum Gasteiger partial charge on any atom is 0.316 e. The zero-order valence-electron chi connectivity index (χ0n) is 37.3. The number of nitrogens with zero attached hydrogens (tertiary/aromatic N) is 3. The second-order valence-electron chi connectivity index (χ2n) is 16.3. The molecule has 12 nitrogen and oxygen atoms in total. The maximum absolute atomic E-state index is 11.1. The summed E-state index contributed by atoms with van der Waals surface area (Å²) >= 11 is 0. The molecular formula is C55H54N8O4Si. The van der Waals surface area contributed by atoms with Crippen LogP contribution in [0.25, 0.3) is 43.8 Å². The van der Waals surface area contributed by atoms with Crippen LogP contribution < -0.4 is 32.2 Å². The molecule has 2 aromatic heterocycles. The summed E-state index contributed by atoms with van der Waals surface area (Å²) < 4.78 is 9.63. The fraction of sp³-hybridized carbons (Fsp3) is 0.0909. The lowest BCUT2D eigenvalue weighted by atomic mass is 9.99. The van der Waals surface area contributed by atoms with Crippen molar-refractivity contribution in [1.29, 1.82) is 0 Å². The van der Waals surface area contributed by atoms with Crippen LogP contribution in [0.15, 0.2) is 193 Å². The molecule has 0 unspecified atom stereocenters. The number of amides is 2. The minimum Gasteiger partial charge on any atom is -0.508 e. The van der Waals surface area contributed by atoms with Crippen LogP contribution in [0.3, 0.4) is 0 Å². The van der Waals surface area contributed by atoms with Gasteiger partial charge in [-0.2, -0.15) is 0 Å². The Bertz CT molecular complexity index is 3190. The molecule has 0 saturated heterocycles. The summed E-state index contributed by atoms with van der Waals surface area (Å²) in [6.07, 6.45) is 5.11. The van der Waals surface area contributed by atoms with Gasteiger partial charge in [0.25, 0.3) is 0 Å². The number of nitrogens with one attached hydrogen (secondary N) is 3. The molecule has 2 heterocycles. The Kier molecular flexibility index (Phi) is 16.4. The number of rotatable bonds is 11. The van der Waals surface area contributed by atoms with E-state index in [1.54, 1.807) is 36.5 Å². The first-order valence-electron chi connectivity index (χ1n) is 21.4. The van der Waals surface area contributed by atoms with Crippen molar-refractivity contribution >= 4 is 76.3 Å². The van der Waals surface area contributed by atoms with Crippen molar-refractivity contribution in [2.75, 3.05) is 21.7 Å². The van der Waals surface area contributed by atoms with Gasteiger partial charge in [0.15, 0.2) is 8.24 Å². The van der Waals surface area contributed by atoms with Gasteiger partial charge in [-0.25, -0.2) is 24.2 Å². The molecule has 2 amide bonds. The third-order valence-corrected chi connectivity index (χ3v) is 10.8. The zero-order chi connectivity index (χ0) is 47.2. The molecule has 9 rings (SSSR count). The number of urea groups is 1. The fourth-order valence-corrected chi connectivity index (χ4v) is 7.40. The predicted molar refractivity (Wildman–Crippen MR) is 282 cm³/mol. The lowest BCUT2D eigenvalue weighted by Gasteiger charge is -2.13. The van der Waals surface area contributed by atoms with E-state index in [1.807, 2.05) is 135 Å². The van der Waals surface area contributed by atoms with Crippen LogP contribution in [-0.4, -0.2) is 35.4 Å². The first-order valence-corrected chi connectivity index (χ1v) is 24.8. The molecule has 0 aliphatic carbocycles. The molecule has 0 aliphatic heterocycles. The Morgan fingerprint density at radius 1 is 0.632 bits per heavy atom. The number of nitrogens with two attached hydrogens (primary N) is 2. The molecule has 0 aliphatic rings. The topological polar surface area (TPSA) is 190 Å². The van der Waals surface area contributed by atoms with Crippen LogP contribution in [0.5, 0.6) is 11.5 Å². The van der Waals surface area contributed by atoms with E-state index in [0.717, 1.165) is 72.3 Å². The number of isocyanates is 1. The number of hydrogen-bond acceptors (Lipinski definition) is 10. The number of aromatic hydroxyl groups is 1. The number of ether oxygens (including phenoxy) is 1. The number of primary amides is 1. The molecule has 7 aromatic carbocycles. The first kappa shape index (κ1) is 48.7. The Hall–Kier alpha value is -8.77. The molecule has 0 spiro atoms. The highest BCUT2D eigenvalue weighted by atomic mass is 28.3. The predicted octanol–water partition coefficient (Wildman–Crippen LogP) is 13.4. The summed E-state index contributed by atoms with van der Waals surface area (Å²) in [7, 11) is -1.46. The summed E-state index contributed by atoms with van der Waals surface area (Å²) in [6.45, 7) is 6.49. The second-order valence-corrected chi connectivity index (χ2v) is 20.9. The number of aromatic nitrogens is 2. The number of carbonyl (C=O) groups is 1. The van der Waals surface area contributed by atoms with Crippen molar-refractivity contribution < 1.29 is 19.4 Å². The van der Waals surface area contributed by atoms with E-state index in [4.69, 9.17) is 16.2 Å². The number of anilines is 6. The van der Waals surface area contributed by atoms with Gasteiger partial charge in [0.05, 0.1) is 0 Å². The standard InChI is InChI=1S/C28H23N3O.C22H18N4O2.C4H9NOSi.CH4/c29-22-10-5-11-23(18-22)31-28-27-14-6-13-25(26(27)15-16-30-28)21-9-4-12-24(17-21)32-19-20-7-2-1-3-8-20;23-22(28)26-16-6-2-5-15(13-16)25-21-20-9-3-8-18(19(20)10-11-24-21)14-4-1-7-17(27)12-14;1-7(2,3)5-4-6;/h1-18H,19,29H2,(H,30,31);1-13,27H,(H,24,25)(H3,23,26,28);1-3H3;1H4. The number of carbonyl (C=O) groups excluding carboxylic acids is 2. The van der Waals surface area contributed by atoms with Gasteiger partial charge in [-0.1, -0.05) is 111 Å². The van der Waals surface area contributed by atoms with Crippen LogP contribution in [0, 0.1) is 0 Å². The van der Waals surface area contributed by atoms with E-state index in [2.05, 4.69) is 73.0 Å². The van der Waals surface area contributed by atoms with Gasteiger partial charge >= 0.3 is 6.03 Å². The third-order valence-electron chi connectivity index (χ3n) is 10.1. The van der Waals surface area contributed by atoms with Crippen molar-refractivity contribution in [3.63, 3.8) is 0 Å². The maximum atomic E-state index is 11.1. The van der Waals surface area contributed by atoms with Crippen LogP contribution >= 0.6 is 0 Å². The molecular weight excluding hydrogens is 865 g/mol. The summed E-state index contributed by atoms with van der Waals surface area (Å²) in [5.74, 6) is 2.55. The summed E-state index contributed by atoms with van der Waals surface area (Å²) in [6, 6.07) is 56.1. The number of pyridine rings is 2. The number of hydrogen-bond donors (Lipinski definition) is 6. The highest BCUT2D eigenvalue weighted by Crippen LogP contribution is 2.36. The summed E-state index contributed by atoms with van der Waals surface area (Å²) in [4.78, 5) is 29.7. The van der Waals surface area contributed by atoms with Crippen molar-refractivity contribution in [3.8, 4) is 33.8 Å². The molecule has 0 radical (unpaired) electrons. The Morgan fingerprint density at radius 3 is 1.74 bits per heavy atom. The van der Waals surface area contributed by atoms with Gasteiger partial charge in [-0.15, -0.1) is 0 Å². The van der Waals surface area contributed by atoms with E-state index in [0.29, 0.717) is 23.8 Å². The number of benzene rings is 7. The zero-order valence-corrected chi connectivity index (χ0v) is 38.3. The van der Waals surface area contributed by atoms with Crippen LogP contribution in [0.2, 0.25) is 19.6 Å². The normalized spacial score (nSPS) is 10.5. The highest BCUT2D eigenvalue weighted by Gasteiger charge is 2.12. The van der Waals surface area contributed by atoms with E-state index >= 15 is 0 Å². The molecule has 0 saturated carbocycles. The van der Waals surface area contributed by atoms with Gasteiger partial charge in [0, 0.05) is 45.9 Å². The van der Waals surface area contributed by atoms with Gasteiger partial charge in [-0.3, -0.25) is 0 Å². The average molecular weight is 919 g/mol. The largest absolute Gasteiger partial charge is 0.508 e. The number of fused-ring (bicyclic) bond motifs is 2. The minimum atomic E-state index is -1.46. The van der Waals surface area contributed by atoms with E-state index in [1.165, 1.54) is 0 Å². The second kappa shape index (κ2) is 22.9. The van der Waals surface area contributed by atoms with Crippen molar-refractivity contribution in [3.05, 3.63) is 194 Å². The molecule has 0 bridgehead atoms. The number of phenols is 1. The molecule has 13 heteroatoms. The number of phenolic OH excluding ortho intramolecular Hbond substituents is 1. The van der Waals surface area contributed by atoms with E-state index in [9.17, 15) is 14.7 Å². The lowest BCUT2D eigenvalue weighted by Crippen LogP contribution is -2.19. The van der Waals surface area contributed by atoms with Crippen molar-refractivity contribution in [1.82, 2.24) is 9.97 Å². The minimum absolute atomic E-state index is 0.